The van der Waals surface area contributed by atoms with Gasteiger partial charge in [-0.1, -0.05) is 12.8 Å². The number of furan rings is 1. The van der Waals surface area contributed by atoms with Crippen molar-refractivity contribution in [2.45, 2.75) is 25.7 Å². The highest BCUT2D eigenvalue weighted by Gasteiger charge is 2.23. The number of hydrogen-bond donors (Lipinski definition) is 3. The van der Waals surface area contributed by atoms with Gasteiger partial charge >= 0.3 is 0 Å². The topological polar surface area (TPSA) is 125 Å². The third-order valence-electron chi connectivity index (χ3n) is 7.07. The Balaban J connectivity index is 1.25. The van der Waals surface area contributed by atoms with E-state index in [1.807, 2.05) is 30.5 Å². The molecule has 0 bridgehead atoms. The van der Waals surface area contributed by atoms with Crippen molar-refractivity contribution in [3.63, 3.8) is 0 Å². The van der Waals surface area contributed by atoms with Crippen molar-refractivity contribution in [2.24, 2.45) is 5.92 Å². The number of fused-ring (bicyclic) bond motifs is 2. The Bertz CT molecular complexity index is 1740. The zero-order valence-corrected chi connectivity index (χ0v) is 19.9. The average Bonchev–Trinajstić information content (AvgIpc) is 3.74. The van der Waals surface area contributed by atoms with Gasteiger partial charge in [0.2, 0.25) is 5.91 Å². The van der Waals surface area contributed by atoms with E-state index in [0.717, 1.165) is 75.7 Å². The highest BCUT2D eigenvalue weighted by atomic mass is 16.3. The first-order chi connectivity index (χ1) is 18.2. The molecule has 7 rings (SSSR count). The highest BCUT2D eigenvalue weighted by Crippen LogP contribution is 2.34. The van der Waals surface area contributed by atoms with Crippen molar-refractivity contribution in [3.8, 4) is 33.8 Å². The Morgan fingerprint density at radius 2 is 1.86 bits per heavy atom. The summed E-state index contributed by atoms with van der Waals surface area (Å²) in [4.78, 5) is 29.7. The Morgan fingerprint density at radius 1 is 0.973 bits per heavy atom. The number of amides is 1. The van der Waals surface area contributed by atoms with Crippen LogP contribution in [-0.2, 0) is 4.79 Å². The summed E-state index contributed by atoms with van der Waals surface area (Å²) in [5.74, 6) is 0.159. The van der Waals surface area contributed by atoms with Crippen LogP contribution in [0.3, 0.4) is 0 Å². The van der Waals surface area contributed by atoms with Crippen LogP contribution in [0.4, 0.5) is 5.69 Å². The molecule has 9 nitrogen and oxygen atoms in total. The van der Waals surface area contributed by atoms with Crippen LogP contribution in [0.5, 0.6) is 0 Å². The molecule has 1 saturated carbocycles. The second-order valence-electron chi connectivity index (χ2n) is 9.44. The summed E-state index contributed by atoms with van der Waals surface area (Å²) in [6.45, 7) is 0. The molecule has 0 aliphatic heterocycles. The number of carbonyl (C=O) groups is 1. The van der Waals surface area contributed by atoms with Crippen molar-refractivity contribution in [3.05, 3.63) is 67.6 Å². The summed E-state index contributed by atoms with van der Waals surface area (Å²) in [7, 11) is 0. The normalized spacial score (nSPS) is 14.1. The second-order valence-corrected chi connectivity index (χ2v) is 9.44. The zero-order chi connectivity index (χ0) is 24.8. The fraction of sp³-hybridized carbons (Fsp3) is 0.179. The summed E-state index contributed by atoms with van der Waals surface area (Å²) in [5.41, 5.74) is 8.19. The molecule has 0 radical (unpaired) electrons. The van der Waals surface area contributed by atoms with Crippen LogP contribution in [0.15, 0.2) is 72.1 Å². The van der Waals surface area contributed by atoms with Gasteiger partial charge in [-0.25, -0.2) is 4.98 Å². The number of rotatable bonds is 5. The van der Waals surface area contributed by atoms with Gasteiger partial charge in [0.25, 0.3) is 0 Å². The van der Waals surface area contributed by atoms with Gasteiger partial charge in [-0.2, -0.15) is 5.10 Å². The number of carbonyl (C=O) groups excluding carboxylic acids is 1. The van der Waals surface area contributed by atoms with Crippen LogP contribution in [0.1, 0.15) is 25.7 Å². The third kappa shape index (κ3) is 3.85. The minimum atomic E-state index is 0.0695. The lowest BCUT2D eigenvalue weighted by Crippen LogP contribution is -2.20. The van der Waals surface area contributed by atoms with Gasteiger partial charge in [-0.05, 0) is 43.2 Å². The first-order valence-corrected chi connectivity index (χ1v) is 12.3. The van der Waals surface area contributed by atoms with Gasteiger partial charge in [0.05, 0.1) is 53.0 Å². The van der Waals surface area contributed by atoms with Crippen molar-refractivity contribution >= 4 is 33.5 Å². The lowest BCUT2D eigenvalue weighted by Gasteiger charge is -2.11. The summed E-state index contributed by atoms with van der Waals surface area (Å²) >= 11 is 0. The molecule has 9 heteroatoms. The van der Waals surface area contributed by atoms with Crippen molar-refractivity contribution in [1.29, 1.82) is 0 Å². The molecule has 3 N–H and O–H groups in total. The Labute approximate surface area is 211 Å². The second kappa shape index (κ2) is 8.70. The van der Waals surface area contributed by atoms with Gasteiger partial charge in [0, 0.05) is 40.4 Å². The number of H-pyrrole nitrogens is 2. The predicted molar refractivity (Wildman–Crippen MR) is 140 cm³/mol. The standard InChI is InChI=1S/C28H23N7O2/c36-28(16-3-1-2-4-16)31-19-9-18(11-29-12-19)22-5-6-23-26(33-22)27(35-34-23)24-10-20-21(17-7-8-37-15-17)13-30-14-25(20)32-24/h5-16,32H,1-4H2,(H,31,36)(H,34,35). The number of hydrogen-bond acceptors (Lipinski definition) is 6. The van der Waals surface area contributed by atoms with E-state index in [9.17, 15) is 4.79 Å². The fourth-order valence-corrected chi connectivity index (χ4v) is 5.15. The number of aromatic amines is 2. The smallest absolute Gasteiger partial charge is 0.227 e. The van der Waals surface area contributed by atoms with E-state index in [2.05, 4.69) is 36.5 Å². The van der Waals surface area contributed by atoms with Gasteiger partial charge in [0.1, 0.15) is 11.2 Å². The minimum absolute atomic E-state index is 0.0695. The number of anilines is 1. The Hall–Kier alpha value is -4.79. The molecule has 182 valence electrons. The maximum atomic E-state index is 12.6. The van der Waals surface area contributed by atoms with Crippen molar-refractivity contribution < 1.29 is 9.21 Å². The lowest BCUT2D eigenvalue weighted by atomic mass is 10.1. The maximum Gasteiger partial charge on any atom is 0.227 e. The van der Waals surface area contributed by atoms with E-state index in [-0.39, 0.29) is 11.8 Å². The molecule has 0 unspecified atom stereocenters. The summed E-state index contributed by atoms with van der Waals surface area (Å²) in [6, 6.07) is 9.78. The number of nitrogens with zero attached hydrogens (tertiary/aromatic N) is 4. The SMILES string of the molecule is O=C(Nc1cncc(-c2ccc3[nH]nc(-c4cc5c(-c6ccoc6)cncc5[nH]4)c3n2)c1)C1CCCC1. The van der Waals surface area contributed by atoms with E-state index in [0.29, 0.717) is 11.4 Å². The van der Waals surface area contributed by atoms with Crippen LogP contribution >= 0.6 is 0 Å². The van der Waals surface area contributed by atoms with Gasteiger partial charge in [-0.3, -0.25) is 19.9 Å². The molecule has 0 saturated heterocycles. The van der Waals surface area contributed by atoms with E-state index < -0.39 is 0 Å². The monoisotopic (exact) mass is 489 g/mol. The molecular formula is C28H23N7O2. The molecule has 1 aliphatic carbocycles. The van der Waals surface area contributed by atoms with Crippen LogP contribution in [-0.4, -0.2) is 36.0 Å². The Kier molecular flexibility index (Phi) is 5.05. The molecule has 0 aromatic carbocycles. The maximum absolute atomic E-state index is 12.6. The Morgan fingerprint density at radius 3 is 2.73 bits per heavy atom. The zero-order valence-electron chi connectivity index (χ0n) is 19.9. The van der Waals surface area contributed by atoms with Crippen LogP contribution in [0, 0.1) is 5.92 Å². The molecule has 0 spiro atoms. The molecule has 1 aliphatic rings. The van der Waals surface area contributed by atoms with E-state index in [1.54, 1.807) is 31.1 Å². The van der Waals surface area contributed by atoms with Crippen LogP contribution < -0.4 is 5.32 Å². The predicted octanol–water partition coefficient (Wildman–Crippen LogP) is 5.95. The number of nitrogens with one attached hydrogen (secondary N) is 3. The van der Waals surface area contributed by atoms with Crippen molar-refractivity contribution in [1.82, 2.24) is 30.1 Å². The minimum Gasteiger partial charge on any atom is -0.472 e. The first-order valence-electron chi connectivity index (χ1n) is 12.3. The molecule has 6 aromatic heterocycles. The molecule has 6 heterocycles. The largest absolute Gasteiger partial charge is 0.472 e. The van der Waals surface area contributed by atoms with Gasteiger partial charge < -0.3 is 14.7 Å². The average molecular weight is 490 g/mol. The molecule has 1 amide bonds. The molecule has 1 fully saturated rings. The van der Waals surface area contributed by atoms with Gasteiger partial charge in [0.15, 0.2) is 0 Å². The molecular weight excluding hydrogens is 466 g/mol. The van der Waals surface area contributed by atoms with Crippen molar-refractivity contribution in [2.75, 3.05) is 5.32 Å². The summed E-state index contributed by atoms with van der Waals surface area (Å²) < 4.78 is 5.27. The van der Waals surface area contributed by atoms with Gasteiger partial charge in [-0.15, -0.1) is 0 Å². The molecule has 6 aromatic rings. The lowest BCUT2D eigenvalue weighted by molar-refractivity contribution is -0.119. The molecule has 37 heavy (non-hydrogen) atoms. The van der Waals surface area contributed by atoms with Crippen LogP contribution in [0.2, 0.25) is 0 Å². The van der Waals surface area contributed by atoms with E-state index in [4.69, 9.17) is 9.40 Å². The first kappa shape index (κ1) is 21.5. The van der Waals surface area contributed by atoms with E-state index >= 15 is 0 Å². The molecule has 0 atom stereocenters. The third-order valence-corrected chi connectivity index (χ3v) is 7.07. The highest BCUT2D eigenvalue weighted by molar-refractivity contribution is 6.00. The number of pyridine rings is 3. The summed E-state index contributed by atoms with van der Waals surface area (Å²) in [5, 5.41) is 11.7. The summed E-state index contributed by atoms with van der Waals surface area (Å²) in [6.07, 6.45) is 14.6. The van der Waals surface area contributed by atoms with E-state index in [1.165, 1.54) is 0 Å². The van der Waals surface area contributed by atoms with Crippen LogP contribution in [0.25, 0.3) is 55.7 Å². The quantitative estimate of drug-likeness (QED) is 0.275. The fourth-order valence-electron chi connectivity index (χ4n) is 5.15. The number of aromatic nitrogens is 6.